The van der Waals surface area contributed by atoms with Gasteiger partial charge in [-0.1, -0.05) is 48.5 Å². The van der Waals surface area contributed by atoms with Crippen LogP contribution in [-0.2, 0) is 38.4 Å². The SMILES string of the molecule is NC(Cc1ccccc1)C(=O)NC(Cc1c[nH]c2ccccc12)C(=O)NC(CO)C(=O)NC(Cc1cnc[nH]1)C(=O)O. The van der Waals surface area contributed by atoms with Crippen LogP contribution in [0.3, 0.4) is 0 Å². The van der Waals surface area contributed by atoms with Crippen molar-refractivity contribution >= 4 is 34.6 Å². The molecule has 0 aliphatic carbocycles. The van der Waals surface area contributed by atoms with Crippen molar-refractivity contribution in [3.05, 3.63) is 90.1 Å². The highest BCUT2D eigenvalue weighted by Crippen LogP contribution is 2.19. The largest absolute Gasteiger partial charge is 0.480 e. The topological polar surface area (TPSA) is 215 Å². The highest BCUT2D eigenvalue weighted by Gasteiger charge is 2.31. The second kappa shape index (κ2) is 14.1. The number of amides is 3. The van der Waals surface area contributed by atoms with Crippen LogP contribution in [0.5, 0.6) is 0 Å². The lowest BCUT2D eigenvalue weighted by atomic mass is 10.0. The van der Waals surface area contributed by atoms with E-state index in [-0.39, 0.29) is 19.3 Å². The number of carbonyl (C=O) groups is 4. The molecular weight excluding hydrogens is 542 g/mol. The third-order valence-electron chi connectivity index (χ3n) is 6.78. The molecule has 2 aromatic heterocycles. The molecule has 4 rings (SSSR count). The molecule has 0 radical (unpaired) electrons. The second-order valence-electron chi connectivity index (χ2n) is 9.85. The molecule has 13 nitrogen and oxygen atoms in total. The molecule has 9 N–H and O–H groups in total. The van der Waals surface area contributed by atoms with E-state index in [2.05, 4.69) is 30.9 Å². The van der Waals surface area contributed by atoms with E-state index in [1.807, 2.05) is 54.6 Å². The van der Waals surface area contributed by atoms with Gasteiger partial charge >= 0.3 is 5.97 Å². The van der Waals surface area contributed by atoms with Crippen molar-refractivity contribution in [2.24, 2.45) is 5.73 Å². The number of aromatic nitrogens is 3. The molecule has 2 aromatic carbocycles. The van der Waals surface area contributed by atoms with Crippen molar-refractivity contribution < 1.29 is 29.4 Å². The van der Waals surface area contributed by atoms with E-state index in [0.717, 1.165) is 22.0 Å². The van der Waals surface area contributed by atoms with Gasteiger partial charge in [0.1, 0.15) is 18.1 Å². The minimum absolute atomic E-state index is 0.0526. The van der Waals surface area contributed by atoms with Crippen LogP contribution in [0, 0.1) is 0 Å². The molecule has 0 saturated carbocycles. The molecule has 0 bridgehead atoms. The molecule has 0 spiro atoms. The lowest BCUT2D eigenvalue weighted by Gasteiger charge is -2.24. The normalized spacial score (nSPS) is 14.0. The molecule has 4 unspecified atom stereocenters. The van der Waals surface area contributed by atoms with Crippen molar-refractivity contribution in [3.63, 3.8) is 0 Å². The number of para-hydroxylation sites is 1. The van der Waals surface area contributed by atoms with Crippen LogP contribution in [0.15, 0.2) is 73.3 Å². The number of aliphatic carboxylic acids is 1. The van der Waals surface area contributed by atoms with E-state index in [1.165, 1.54) is 12.5 Å². The van der Waals surface area contributed by atoms with Gasteiger partial charge in [0.15, 0.2) is 0 Å². The average molecular weight is 576 g/mol. The molecule has 3 amide bonds. The molecule has 0 saturated heterocycles. The van der Waals surface area contributed by atoms with Gasteiger partial charge in [-0.15, -0.1) is 0 Å². The summed E-state index contributed by atoms with van der Waals surface area (Å²) < 4.78 is 0. The number of nitrogens with zero attached hydrogens (tertiary/aromatic N) is 1. The number of nitrogens with one attached hydrogen (secondary N) is 5. The van der Waals surface area contributed by atoms with Crippen LogP contribution >= 0.6 is 0 Å². The summed E-state index contributed by atoms with van der Waals surface area (Å²) in [6.45, 7) is -0.810. The van der Waals surface area contributed by atoms with Crippen LogP contribution < -0.4 is 21.7 Å². The Bertz CT molecular complexity index is 1510. The number of carboxylic acid groups (broad SMARTS) is 1. The van der Waals surface area contributed by atoms with Crippen LogP contribution in [0.25, 0.3) is 10.9 Å². The number of rotatable bonds is 14. The summed E-state index contributed by atoms with van der Waals surface area (Å²) in [5.41, 5.74) is 9.05. The predicted molar refractivity (Wildman–Crippen MR) is 153 cm³/mol. The number of hydrogen-bond donors (Lipinski definition) is 8. The smallest absolute Gasteiger partial charge is 0.326 e. The van der Waals surface area contributed by atoms with E-state index in [9.17, 15) is 29.4 Å². The fraction of sp³-hybridized carbons (Fsp3) is 0.276. The first-order chi connectivity index (χ1) is 20.2. The van der Waals surface area contributed by atoms with Crippen molar-refractivity contribution in [3.8, 4) is 0 Å². The minimum Gasteiger partial charge on any atom is -0.480 e. The lowest BCUT2D eigenvalue weighted by molar-refractivity contribution is -0.142. The Morgan fingerprint density at radius 2 is 1.48 bits per heavy atom. The van der Waals surface area contributed by atoms with Gasteiger partial charge in [0.2, 0.25) is 17.7 Å². The van der Waals surface area contributed by atoms with Crippen LogP contribution in [-0.4, -0.2) is 79.6 Å². The molecule has 4 aromatic rings. The van der Waals surface area contributed by atoms with Crippen molar-refractivity contribution in [2.75, 3.05) is 6.61 Å². The lowest BCUT2D eigenvalue weighted by Crippen LogP contribution is -2.58. The van der Waals surface area contributed by atoms with E-state index < -0.39 is 54.5 Å². The summed E-state index contributed by atoms with van der Waals surface area (Å²) in [7, 11) is 0. The Balaban J connectivity index is 1.49. The summed E-state index contributed by atoms with van der Waals surface area (Å²) in [6, 6.07) is 11.7. The molecule has 0 aliphatic heterocycles. The average Bonchev–Trinajstić information content (AvgIpc) is 3.65. The zero-order chi connectivity index (χ0) is 30.1. The van der Waals surface area contributed by atoms with Gasteiger partial charge in [-0.2, -0.15) is 0 Å². The quantitative estimate of drug-likeness (QED) is 0.100. The Kier molecular flexibility index (Phi) is 10.0. The van der Waals surface area contributed by atoms with Gasteiger partial charge in [0.05, 0.1) is 19.0 Å². The number of aromatic amines is 2. The molecule has 220 valence electrons. The molecule has 42 heavy (non-hydrogen) atoms. The summed E-state index contributed by atoms with van der Waals surface area (Å²) in [5, 5.41) is 27.8. The first-order valence-corrected chi connectivity index (χ1v) is 13.3. The zero-order valence-electron chi connectivity index (χ0n) is 22.6. The maximum atomic E-state index is 13.5. The number of fused-ring (bicyclic) bond motifs is 1. The number of hydrogen-bond acceptors (Lipinski definition) is 7. The van der Waals surface area contributed by atoms with Gasteiger partial charge in [-0.3, -0.25) is 14.4 Å². The highest BCUT2D eigenvalue weighted by molar-refractivity contribution is 5.95. The van der Waals surface area contributed by atoms with Gasteiger partial charge in [-0.25, -0.2) is 9.78 Å². The van der Waals surface area contributed by atoms with Crippen LogP contribution in [0.4, 0.5) is 0 Å². The highest BCUT2D eigenvalue weighted by atomic mass is 16.4. The Labute approximate surface area is 240 Å². The number of H-pyrrole nitrogens is 2. The Morgan fingerprint density at radius 3 is 2.17 bits per heavy atom. The Hall–Kier alpha value is -5.01. The number of benzene rings is 2. The molecule has 0 fully saturated rings. The van der Waals surface area contributed by atoms with Gasteiger partial charge in [0.25, 0.3) is 0 Å². The van der Waals surface area contributed by atoms with Crippen molar-refractivity contribution in [1.29, 1.82) is 0 Å². The number of carbonyl (C=O) groups excluding carboxylic acids is 3. The zero-order valence-corrected chi connectivity index (χ0v) is 22.6. The fourth-order valence-electron chi connectivity index (χ4n) is 4.52. The van der Waals surface area contributed by atoms with Gasteiger partial charge in [0, 0.05) is 41.8 Å². The number of nitrogens with two attached hydrogens (primary N) is 1. The van der Waals surface area contributed by atoms with Crippen molar-refractivity contribution in [2.45, 2.75) is 43.4 Å². The van der Waals surface area contributed by atoms with Crippen LogP contribution in [0.1, 0.15) is 16.8 Å². The van der Waals surface area contributed by atoms with E-state index in [0.29, 0.717) is 5.69 Å². The van der Waals surface area contributed by atoms with E-state index in [4.69, 9.17) is 5.73 Å². The van der Waals surface area contributed by atoms with Gasteiger partial charge < -0.3 is 41.9 Å². The number of aliphatic hydroxyl groups excluding tert-OH is 1. The fourth-order valence-corrected chi connectivity index (χ4v) is 4.52. The molecule has 13 heteroatoms. The number of carboxylic acids is 1. The first-order valence-electron chi connectivity index (χ1n) is 13.3. The Morgan fingerprint density at radius 1 is 0.810 bits per heavy atom. The van der Waals surface area contributed by atoms with Gasteiger partial charge in [-0.05, 0) is 23.6 Å². The molecule has 0 aliphatic rings. The number of aliphatic hydroxyl groups is 1. The van der Waals surface area contributed by atoms with Crippen LogP contribution in [0.2, 0.25) is 0 Å². The predicted octanol–water partition coefficient (Wildman–Crippen LogP) is -0.222. The molecular formula is C29H33N7O6. The maximum absolute atomic E-state index is 13.5. The summed E-state index contributed by atoms with van der Waals surface area (Å²) in [6.07, 6.45) is 4.73. The maximum Gasteiger partial charge on any atom is 0.326 e. The molecule has 2 heterocycles. The van der Waals surface area contributed by atoms with E-state index >= 15 is 0 Å². The minimum atomic E-state index is -1.48. The molecule has 4 atom stereocenters. The number of imidazole rings is 1. The summed E-state index contributed by atoms with van der Waals surface area (Å²) >= 11 is 0. The monoisotopic (exact) mass is 575 g/mol. The first kappa shape index (κ1) is 30.0. The summed E-state index contributed by atoms with van der Waals surface area (Å²) in [4.78, 5) is 60.9. The van der Waals surface area contributed by atoms with Crippen molar-refractivity contribution in [1.82, 2.24) is 30.9 Å². The third kappa shape index (κ3) is 7.80. The van der Waals surface area contributed by atoms with E-state index in [1.54, 1.807) is 6.20 Å². The summed E-state index contributed by atoms with van der Waals surface area (Å²) in [5.74, 6) is -3.54. The second-order valence-corrected chi connectivity index (χ2v) is 9.85. The standard InChI is InChI=1S/C29H33N7O6/c30-21(10-17-6-2-1-3-7-17)26(38)34-23(11-18-13-32-22-9-5-4-8-20(18)22)27(39)36-25(15-37)28(40)35-24(29(41)42)12-19-14-31-16-33-19/h1-9,13-14,16,21,23-25,32,37H,10-12,15,30H2,(H,31,33)(H,34,38)(H,35,40)(H,36,39)(H,41,42). The third-order valence-corrected chi connectivity index (χ3v) is 6.78.